The van der Waals surface area contributed by atoms with Crippen LogP contribution in [0.2, 0.25) is 0 Å². The molecule has 2 heterocycles. The van der Waals surface area contributed by atoms with E-state index >= 15 is 0 Å². The summed E-state index contributed by atoms with van der Waals surface area (Å²) in [5, 5.41) is 0. The summed E-state index contributed by atoms with van der Waals surface area (Å²) in [5.41, 5.74) is 4.88. The molecule has 51 heavy (non-hydrogen) atoms. The summed E-state index contributed by atoms with van der Waals surface area (Å²) in [6.45, 7) is 0. The maximum atomic E-state index is 13.5. The zero-order valence-corrected chi connectivity index (χ0v) is 26.8. The molecule has 2 aliphatic heterocycles. The van der Waals surface area contributed by atoms with Gasteiger partial charge < -0.3 is 4.74 Å². The number of amides is 4. The van der Waals surface area contributed by atoms with Gasteiger partial charge in [0.15, 0.2) is 0 Å². The lowest BCUT2D eigenvalue weighted by atomic mass is 10.1. The highest BCUT2D eigenvalue weighted by Crippen LogP contribution is 2.34. The molecular weight excluding hydrogens is 636 g/mol. The first-order valence-electron chi connectivity index (χ1n) is 16.0. The van der Waals surface area contributed by atoms with E-state index in [0.717, 1.165) is 20.9 Å². The molecule has 0 aliphatic carbocycles. The Morgan fingerprint density at radius 3 is 1.35 bits per heavy atom. The van der Waals surface area contributed by atoms with E-state index in [9.17, 15) is 19.2 Å². The Hall–Kier alpha value is -7.48. The minimum Gasteiger partial charge on any atom is -0.457 e. The molecule has 4 amide bonds. The van der Waals surface area contributed by atoms with Crippen LogP contribution >= 0.6 is 0 Å². The Labute approximate surface area is 293 Å². The first-order chi connectivity index (χ1) is 24.9. The van der Waals surface area contributed by atoms with Gasteiger partial charge in [-0.15, -0.1) is 0 Å². The summed E-state index contributed by atoms with van der Waals surface area (Å²) in [5.74, 6) is 11.3. The molecule has 0 N–H and O–H groups in total. The normalized spacial score (nSPS) is 12.9. The van der Waals surface area contributed by atoms with Crippen LogP contribution < -0.4 is 14.5 Å². The fourth-order valence-electron chi connectivity index (χ4n) is 5.92. The molecule has 0 aromatic heterocycles. The molecule has 0 bridgehead atoms. The molecule has 0 fully saturated rings. The van der Waals surface area contributed by atoms with E-state index in [2.05, 4.69) is 23.7 Å². The number of nitrogens with zero attached hydrogens (tertiary/aromatic N) is 2. The van der Waals surface area contributed by atoms with Gasteiger partial charge in [-0.05, 0) is 97.1 Å². The summed E-state index contributed by atoms with van der Waals surface area (Å²) >= 11 is 0. The Bertz CT molecular complexity index is 2540. The molecule has 0 saturated heterocycles. The second-order valence-corrected chi connectivity index (χ2v) is 11.7. The van der Waals surface area contributed by atoms with Gasteiger partial charge in [-0.2, -0.15) is 0 Å². The van der Waals surface area contributed by atoms with Crippen LogP contribution in [0.5, 0.6) is 11.5 Å². The van der Waals surface area contributed by atoms with Crippen molar-refractivity contribution in [1.82, 2.24) is 0 Å². The number of carbonyl (C=O) groups excluding carboxylic acids is 4. The van der Waals surface area contributed by atoms with Crippen molar-refractivity contribution in [2.45, 2.75) is 0 Å². The second-order valence-electron chi connectivity index (χ2n) is 11.7. The standard InChI is InChI=1S/C44H24N2O5/c47-41-37-24-18-31(16-14-29-8-3-1-4-9-29)26-39(37)43(49)45(41)33-20-22-35(23-21-33)51-36-13-7-12-34(28-36)46-42(48)38-25-19-32(27-40(38)44(46)50)17-15-30-10-5-2-6-11-30/h1-13,18-28H. The maximum absolute atomic E-state index is 13.5. The number of benzene rings is 6. The lowest BCUT2D eigenvalue weighted by molar-refractivity contribution is 0.0910. The summed E-state index contributed by atoms with van der Waals surface area (Å²) < 4.78 is 6.06. The van der Waals surface area contributed by atoms with E-state index in [4.69, 9.17) is 4.74 Å². The number of imide groups is 2. The van der Waals surface area contributed by atoms with E-state index in [0.29, 0.717) is 50.7 Å². The zero-order valence-electron chi connectivity index (χ0n) is 26.8. The summed E-state index contributed by atoms with van der Waals surface area (Å²) in [7, 11) is 0. The molecular formula is C44H24N2O5. The van der Waals surface area contributed by atoms with Gasteiger partial charge in [0, 0.05) is 28.3 Å². The highest BCUT2D eigenvalue weighted by Gasteiger charge is 2.38. The van der Waals surface area contributed by atoms with Crippen LogP contribution in [0.1, 0.15) is 63.7 Å². The molecule has 0 spiro atoms. The molecule has 6 aromatic rings. The zero-order chi connectivity index (χ0) is 34.9. The van der Waals surface area contributed by atoms with Crippen LogP contribution in [0, 0.1) is 23.7 Å². The summed E-state index contributed by atoms with van der Waals surface area (Å²) in [4.78, 5) is 55.7. The largest absolute Gasteiger partial charge is 0.457 e. The fourth-order valence-corrected chi connectivity index (χ4v) is 5.92. The topological polar surface area (TPSA) is 84.0 Å². The second kappa shape index (κ2) is 12.9. The lowest BCUT2D eigenvalue weighted by Gasteiger charge is -2.16. The Kier molecular flexibility index (Phi) is 7.77. The van der Waals surface area contributed by atoms with Gasteiger partial charge >= 0.3 is 0 Å². The molecule has 0 saturated carbocycles. The number of hydrogen-bond donors (Lipinski definition) is 0. The van der Waals surface area contributed by atoms with Crippen molar-refractivity contribution in [2.75, 3.05) is 9.80 Å². The average Bonchev–Trinajstić information content (AvgIpc) is 3.57. The lowest BCUT2D eigenvalue weighted by Crippen LogP contribution is -2.29. The predicted octanol–water partition coefficient (Wildman–Crippen LogP) is 7.88. The molecule has 2 aliphatic rings. The molecule has 0 atom stereocenters. The first-order valence-corrected chi connectivity index (χ1v) is 16.0. The number of ether oxygens (including phenoxy) is 1. The van der Waals surface area contributed by atoms with Crippen molar-refractivity contribution in [3.8, 4) is 35.2 Å². The van der Waals surface area contributed by atoms with Crippen molar-refractivity contribution in [3.05, 3.63) is 190 Å². The molecule has 6 aromatic carbocycles. The van der Waals surface area contributed by atoms with Crippen LogP contribution in [-0.4, -0.2) is 23.6 Å². The Morgan fingerprint density at radius 2 is 0.824 bits per heavy atom. The van der Waals surface area contributed by atoms with Crippen LogP contribution in [0.15, 0.2) is 146 Å². The van der Waals surface area contributed by atoms with E-state index < -0.39 is 23.6 Å². The average molecular weight is 661 g/mol. The van der Waals surface area contributed by atoms with E-state index in [1.165, 1.54) is 0 Å². The quantitative estimate of drug-likeness (QED) is 0.142. The molecule has 7 nitrogen and oxygen atoms in total. The highest BCUT2D eigenvalue weighted by molar-refractivity contribution is 6.35. The van der Waals surface area contributed by atoms with E-state index in [1.807, 2.05) is 60.7 Å². The Balaban J connectivity index is 0.971. The van der Waals surface area contributed by atoms with Gasteiger partial charge in [0.2, 0.25) is 0 Å². The smallest absolute Gasteiger partial charge is 0.266 e. The number of hydrogen-bond acceptors (Lipinski definition) is 5. The predicted molar refractivity (Wildman–Crippen MR) is 193 cm³/mol. The van der Waals surface area contributed by atoms with Crippen molar-refractivity contribution in [1.29, 1.82) is 0 Å². The Morgan fingerprint density at radius 1 is 0.353 bits per heavy atom. The van der Waals surface area contributed by atoms with Crippen LogP contribution in [0.3, 0.4) is 0 Å². The van der Waals surface area contributed by atoms with Gasteiger partial charge in [-0.1, -0.05) is 66.1 Å². The van der Waals surface area contributed by atoms with Crippen LogP contribution in [0.25, 0.3) is 0 Å². The molecule has 0 unspecified atom stereocenters. The maximum Gasteiger partial charge on any atom is 0.266 e. The van der Waals surface area contributed by atoms with Gasteiger partial charge in [0.1, 0.15) is 11.5 Å². The number of fused-ring (bicyclic) bond motifs is 2. The summed E-state index contributed by atoms with van der Waals surface area (Å²) in [6.07, 6.45) is 0. The number of rotatable bonds is 4. The highest BCUT2D eigenvalue weighted by atomic mass is 16.5. The monoisotopic (exact) mass is 660 g/mol. The van der Waals surface area contributed by atoms with Crippen LogP contribution in [0.4, 0.5) is 11.4 Å². The van der Waals surface area contributed by atoms with Crippen molar-refractivity contribution in [2.24, 2.45) is 0 Å². The van der Waals surface area contributed by atoms with Crippen molar-refractivity contribution in [3.63, 3.8) is 0 Å². The molecule has 7 heteroatoms. The van der Waals surface area contributed by atoms with Gasteiger partial charge in [0.25, 0.3) is 23.6 Å². The van der Waals surface area contributed by atoms with Gasteiger partial charge in [-0.3, -0.25) is 19.2 Å². The third-order valence-corrected chi connectivity index (χ3v) is 8.43. The number of anilines is 2. The molecule has 8 rings (SSSR count). The van der Waals surface area contributed by atoms with E-state index in [1.54, 1.807) is 84.9 Å². The SMILES string of the molecule is O=C1c2ccc(C#Cc3ccccc3)cc2C(=O)N1c1ccc(Oc2cccc(N3C(=O)c4ccc(C#Cc5ccccc5)cc4C3=O)c2)cc1. The van der Waals surface area contributed by atoms with Gasteiger partial charge in [-0.25, -0.2) is 9.80 Å². The van der Waals surface area contributed by atoms with Crippen molar-refractivity contribution < 1.29 is 23.9 Å². The van der Waals surface area contributed by atoms with Crippen LogP contribution in [-0.2, 0) is 0 Å². The van der Waals surface area contributed by atoms with Gasteiger partial charge in [0.05, 0.1) is 33.6 Å². The molecule has 0 radical (unpaired) electrons. The summed E-state index contributed by atoms with van der Waals surface area (Å²) in [6, 6.07) is 42.2. The minimum atomic E-state index is -0.448. The molecule has 240 valence electrons. The minimum absolute atomic E-state index is 0.284. The third-order valence-electron chi connectivity index (χ3n) is 8.43. The van der Waals surface area contributed by atoms with E-state index in [-0.39, 0.29) is 5.56 Å². The number of carbonyl (C=O) groups is 4. The third kappa shape index (κ3) is 5.93. The fraction of sp³-hybridized carbons (Fsp3) is 0. The van der Waals surface area contributed by atoms with Crippen molar-refractivity contribution >= 4 is 35.0 Å². The first kappa shape index (κ1) is 30.8.